The monoisotopic (exact) mass is 469 g/mol. The van der Waals surface area contributed by atoms with E-state index in [1.165, 1.54) is 13.0 Å². The molecular formula is C22H23N5O3S2. The molecule has 0 bridgehead atoms. The fraction of sp³-hybridized carbons (Fsp3) is 0.273. The van der Waals surface area contributed by atoms with E-state index in [0.29, 0.717) is 0 Å². The number of aryl methyl sites for hydroxylation is 3. The maximum absolute atomic E-state index is 12.6. The van der Waals surface area contributed by atoms with Crippen molar-refractivity contribution in [2.45, 2.75) is 39.8 Å². The number of carbonyl (C=O) groups excluding carboxylic acids is 1. The zero-order chi connectivity index (χ0) is 23.6. The highest BCUT2D eigenvalue weighted by Gasteiger charge is 2.20. The van der Waals surface area contributed by atoms with Gasteiger partial charge in [-0.25, -0.2) is 8.42 Å². The number of hydrogen-bond donors (Lipinski definition) is 1. The van der Waals surface area contributed by atoms with E-state index in [9.17, 15) is 18.5 Å². The molecule has 2 aromatic heterocycles. The molecule has 0 aliphatic rings. The number of amides is 1. The van der Waals surface area contributed by atoms with E-state index < -0.39 is 15.7 Å². The Balaban J connectivity index is 1.93. The fourth-order valence-corrected chi connectivity index (χ4v) is 4.83. The van der Waals surface area contributed by atoms with E-state index in [4.69, 9.17) is 0 Å². The number of aromatic nitrogens is 3. The van der Waals surface area contributed by atoms with Crippen molar-refractivity contribution in [3.63, 3.8) is 0 Å². The van der Waals surface area contributed by atoms with Crippen molar-refractivity contribution in [3.8, 4) is 11.8 Å². The lowest BCUT2D eigenvalue weighted by Crippen LogP contribution is -2.14. The Bertz CT molecular complexity index is 1370. The van der Waals surface area contributed by atoms with Crippen molar-refractivity contribution in [1.82, 2.24) is 13.9 Å². The normalized spacial score (nSPS) is 11.9. The van der Waals surface area contributed by atoms with Crippen LogP contribution in [0.25, 0.3) is 11.8 Å². The predicted octanol–water partition coefficient (Wildman–Crippen LogP) is 3.90. The van der Waals surface area contributed by atoms with Gasteiger partial charge in [-0.2, -0.15) is 14.6 Å². The lowest BCUT2D eigenvalue weighted by molar-refractivity contribution is -0.112. The largest absolute Gasteiger partial charge is 0.318 e. The van der Waals surface area contributed by atoms with Crippen LogP contribution in [0.1, 0.15) is 35.0 Å². The van der Waals surface area contributed by atoms with Crippen LogP contribution >= 0.6 is 11.5 Å². The zero-order valence-corrected chi connectivity index (χ0v) is 20.1. The van der Waals surface area contributed by atoms with Gasteiger partial charge < -0.3 is 4.57 Å². The summed E-state index contributed by atoms with van der Waals surface area (Å²) in [5, 5.41) is 11.7. The molecule has 0 unspecified atom stereocenters. The van der Waals surface area contributed by atoms with Gasteiger partial charge in [0.1, 0.15) is 11.6 Å². The van der Waals surface area contributed by atoms with Crippen LogP contribution in [0.4, 0.5) is 5.13 Å². The summed E-state index contributed by atoms with van der Waals surface area (Å²) in [4.78, 5) is 16.5. The molecule has 0 radical (unpaired) electrons. The van der Waals surface area contributed by atoms with E-state index in [-0.39, 0.29) is 21.6 Å². The van der Waals surface area contributed by atoms with Crippen LogP contribution in [0.15, 0.2) is 35.0 Å². The van der Waals surface area contributed by atoms with Crippen molar-refractivity contribution in [2.75, 3.05) is 11.1 Å². The summed E-state index contributed by atoms with van der Waals surface area (Å²) in [6.07, 6.45) is 1.52. The Labute approximate surface area is 191 Å². The van der Waals surface area contributed by atoms with E-state index >= 15 is 0 Å². The molecule has 0 fully saturated rings. The van der Waals surface area contributed by atoms with Gasteiger partial charge in [0.15, 0.2) is 0 Å². The fourth-order valence-electron chi connectivity index (χ4n) is 3.25. The molecule has 0 aliphatic heterocycles. The Morgan fingerprint density at radius 3 is 2.62 bits per heavy atom. The molecule has 166 valence electrons. The molecule has 1 aromatic carbocycles. The lowest BCUT2D eigenvalue weighted by Gasteiger charge is -2.13. The minimum Gasteiger partial charge on any atom is -0.318 e. The molecule has 2 heterocycles. The second kappa shape index (κ2) is 9.06. The summed E-state index contributed by atoms with van der Waals surface area (Å²) < 4.78 is 29.6. The van der Waals surface area contributed by atoms with Gasteiger partial charge in [0.2, 0.25) is 15.0 Å². The first-order valence-electron chi connectivity index (χ1n) is 9.83. The second-order valence-corrected chi connectivity index (χ2v) is 10.3. The number of sulfone groups is 1. The Morgan fingerprint density at radius 1 is 1.25 bits per heavy atom. The maximum atomic E-state index is 12.6. The van der Waals surface area contributed by atoms with Crippen LogP contribution in [0, 0.1) is 39.0 Å². The summed E-state index contributed by atoms with van der Waals surface area (Å²) in [6, 6.07) is 10.0. The van der Waals surface area contributed by atoms with Crippen molar-refractivity contribution < 1.29 is 13.2 Å². The maximum Gasteiger partial charge on any atom is 0.268 e. The van der Waals surface area contributed by atoms with E-state index in [2.05, 4.69) is 37.4 Å². The van der Waals surface area contributed by atoms with Gasteiger partial charge in [0.05, 0.1) is 5.75 Å². The molecule has 3 aromatic rings. The average Bonchev–Trinajstić information content (AvgIpc) is 3.32. The third-order valence-corrected chi connectivity index (χ3v) is 7.27. The topological polar surface area (TPSA) is 118 Å². The molecule has 0 aliphatic carbocycles. The van der Waals surface area contributed by atoms with Crippen LogP contribution in [-0.4, -0.2) is 34.0 Å². The molecule has 8 nitrogen and oxygen atoms in total. The molecule has 32 heavy (non-hydrogen) atoms. The summed E-state index contributed by atoms with van der Waals surface area (Å²) in [6.45, 7) is 9.45. The first-order chi connectivity index (χ1) is 15.1. The van der Waals surface area contributed by atoms with Crippen molar-refractivity contribution in [1.29, 1.82) is 5.26 Å². The van der Waals surface area contributed by atoms with Crippen molar-refractivity contribution in [3.05, 3.63) is 57.9 Å². The van der Waals surface area contributed by atoms with Gasteiger partial charge in [-0.05, 0) is 62.6 Å². The molecule has 1 N–H and O–H groups in total. The van der Waals surface area contributed by atoms with Crippen LogP contribution < -0.4 is 5.32 Å². The van der Waals surface area contributed by atoms with E-state index in [1.54, 1.807) is 0 Å². The Hall–Kier alpha value is -3.29. The minimum atomic E-state index is -3.57. The molecule has 1 amide bonds. The molecule has 0 saturated heterocycles. The summed E-state index contributed by atoms with van der Waals surface area (Å²) in [5.74, 6) is -0.822. The standard InChI is InChI=1S/C22H23N5O3S2/c1-6-32(29,30)22-25-21(31-26-22)24-20(28)18(12-23)11-17-10-15(4)27(16(17)5)19-9-13(2)7-8-14(19)3/h7-11H,6H2,1-5H3,(H,24,25,26,28). The SMILES string of the molecule is CCS(=O)(=O)c1nsc(NC(=O)C(C#N)=Cc2cc(C)n(-c3cc(C)ccc3C)c2C)n1. The van der Waals surface area contributed by atoms with Gasteiger partial charge >= 0.3 is 0 Å². The number of hydrogen-bond acceptors (Lipinski definition) is 7. The highest BCUT2D eigenvalue weighted by atomic mass is 32.2. The minimum absolute atomic E-state index is 0.0176. The average molecular weight is 470 g/mol. The smallest absolute Gasteiger partial charge is 0.268 e. The van der Waals surface area contributed by atoms with Crippen molar-refractivity contribution >= 4 is 38.5 Å². The van der Waals surface area contributed by atoms with Gasteiger partial charge in [-0.15, -0.1) is 0 Å². The number of nitrogens with zero attached hydrogens (tertiary/aromatic N) is 4. The predicted molar refractivity (Wildman–Crippen MR) is 125 cm³/mol. The van der Waals surface area contributed by atoms with Gasteiger partial charge in [0, 0.05) is 28.6 Å². The lowest BCUT2D eigenvalue weighted by atomic mass is 10.1. The Morgan fingerprint density at radius 2 is 1.97 bits per heavy atom. The third-order valence-electron chi connectivity index (χ3n) is 5.03. The highest BCUT2D eigenvalue weighted by molar-refractivity contribution is 7.91. The molecule has 0 spiro atoms. The number of carbonyl (C=O) groups is 1. The number of rotatable bonds is 6. The quantitative estimate of drug-likeness (QED) is 0.432. The first kappa shape index (κ1) is 23.4. The molecule has 0 atom stereocenters. The molecule has 0 saturated carbocycles. The zero-order valence-electron chi connectivity index (χ0n) is 18.4. The highest BCUT2D eigenvalue weighted by Crippen LogP contribution is 2.26. The molecular weight excluding hydrogens is 446 g/mol. The first-order valence-corrected chi connectivity index (χ1v) is 12.3. The summed E-state index contributed by atoms with van der Waals surface area (Å²) in [7, 11) is -3.57. The number of anilines is 1. The van der Waals surface area contributed by atoms with Crippen LogP contribution in [0.5, 0.6) is 0 Å². The third kappa shape index (κ3) is 4.64. The van der Waals surface area contributed by atoms with E-state index in [0.717, 1.165) is 45.3 Å². The Kier molecular flexibility index (Phi) is 6.62. The van der Waals surface area contributed by atoms with Crippen LogP contribution in [0.2, 0.25) is 0 Å². The number of benzene rings is 1. The van der Waals surface area contributed by atoms with Gasteiger partial charge in [-0.1, -0.05) is 19.1 Å². The van der Waals surface area contributed by atoms with Gasteiger partial charge in [0.25, 0.3) is 11.1 Å². The number of nitrogens with one attached hydrogen (secondary N) is 1. The second-order valence-electron chi connectivity index (χ2n) is 7.36. The van der Waals surface area contributed by atoms with Crippen LogP contribution in [0.3, 0.4) is 0 Å². The summed E-state index contributed by atoms with van der Waals surface area (Å²) in [5.41, 5.74) is 5.76. The van der Waals surface area contributed by atoms with Gasteiger partial charge in [-0.3, -0.25) is 10.1 Å². The molecule has 3 rings (SSSR count). The summed E-state index contributed by atoms with van der Waals surface area (Å²) >= 11 is 0.751. The number of nitriles is 1. The van der Waals surface area contributed by atoms with E-state index in [1.807, 2.05) is 39.8 Å². The van der Waals surface area contributed by atoms with Crippen molar-refractivity contribution in [2.24, 2.45) is 0 Å². The molecule has 10 heteroatoms. The van der Waals surface area contributed by atoms with Crippen LogP contribution in [-0.2, 0) is 14.6 Å².